The van der Waals surface area contributed by atoms with E-state index >= 15 is 0 Å². The molecule has 0 aliphatic carbocycles. The maximum absolute atomic E-state index is 13.1. The van der Waals surface area contributed by atoms with E-state index in [1.54, 1.807) is 36.3 Å². The first-order valence-electron chi connectivity index (χ1n) is 11.2. The summed E-state index contributed by atoms with van der Waals surface area (Å²) in [5.74, 6) is -0.187. The van der Waals surface area contributed by atoms with Crippen molar-refractivity contribution in [3.05, 3.63) is 65.2 Å². The normalized spacial score (nSPS) is 17.6. The molecular weight excluding hydrogens is 420 g/mol. The number of likely N-dealkylation sites (tertiary alicyclic amines) is 1. The molecule has 0 spiro atoms. The summed E-state index contributed by atoms with van der Waals surface area (Å²) in [5, 5.41) is 11.1. The van der Waals surface area contributed by atoms with Crippen molar-refractivity contribution >= 4 is 17.4 Å². The number of Topliss-reactive ketones (excluding diaryl/α,β-unsaturated/α-hetero) is 1. The number of ketones is 1. The average molecular weight is 453 g/mol. The third-order valence-electron chi connectivity index (χ3n) is 5.55. The molecule has 33 heavy (non-hydrogen) atoms. The van der Waals surface area contributed by atoms with Gasteiger partial charge in [-0.25, -0.2) is 0 Å². The summed E-state index contributed by atoms with van der Waals surface area (Å²) in [4.78, 5) is 29.7. The van der Waals surface area contributed by atoms with Gasteiger partial charge in [-0.15, -0.1) is 0 Å². The maximum atomic E-state index is 13.1. The molecule has 1 atom stereocenters. The Morgan fingerprint density at radius 2 is 1.82 bits per heavy atom. The van der Waals surface area contributed by atoms with E-state index in [0.29, 0.717) is 36.6 Å². The van der Waals surface area contributed by atoms with Crippen molar-refractivity contribution in [2.75, 3.05) is 40.9 Å². The molecule has 0 aromatic heterocycles. The zero-order valence-corrected chi connectivity index (χ0v) is 19.7. The highest BCUT2D eigenvalue weighted by Crippen LogP contribution is 2.40. The second-order valence-electron chi connectivity index (χ2n) is 8.30. The molecule has 2 aromatic rings. The standard InChI is InChI=1S/C26H32N2O5/c1-5-16-33-21-9-6-8-19(17-21)23-22(24(29)18-10-12-20(32-4)13-11-18)25(30)26(31)28(23)15-7-14-27(2)3/h6,8-13,17,23,29H,5,7,14-16H2,1-4H3/b24-22+/t23-/m1/s1. The van der Waals surface area contributed by atoms with E-state index in [-0.39, 0.29) is 11.3 Å². The van der Waals surface area contributed by atoms with Gasteiger partial charge in [0.25, 0.3) is 11.7 Å². The smallest absolute Gasteiger partial charge is 0.295 e. The lowest BCUT2D eigenvalue weighted by Gasteiger charge is -2.26. The van der Waals surface area contributed by atoms with Crippen molar-refractivity contribution < 1.29 is 24.2 Å². The van der Waals surface area contributed by atoms with Crippen LogP contribution in [-0.4, -0.2) is 67.5 Å². The lowest BCUT2D eigenvalue weighted by atomic mass is 9.95. The van der Waals surface area contributed by atoms with Crippen LogP contribution in [0.15, 0.2) is 54.1 Å². The molecule has 1 aliphatic heterocycles. The van der Waals surface area contributed by atoms with Crippen LogP contribution in [0.3, 0.4) is 0 Å². The average Bonchev–Trinajstić information content (AvgIpc) is 3.07. The second-order valence-corrected chi connectivity index (χ2v) is 8.30. The van der Waals surface area contributed by atoms with Gasteiger partial charge in [-0.2, -0.15) is 0 Å². The summed E-state index contributed by atoms with van der Waals surface area (Å²) in [6.45, 7) is 3.76. The molecule has 0 saturated carbocycles. The summed E-state index contributed by atoms with van der Waals surface area (Å²) >= 11 is 0. The Kier molecular flexibility index (Phi) is 8.11. The number of benzene rings is 2. The first-order chi connectivity index (χ1) is 15.9. The molecule has 1 heterocycles. The second kappa shape index (κ2) is 11.0. The third kappa shape index (κ3) is 5.54. The van der Waals surface area contributed by atoms with Crippen LogP contribution in [0, 0.1) is 0 Å². The topological polar surface area (TPSA) is 79.3 Å². The zero-order valence-electron chi connectivity index (χ0n) is 19.7. The number of methoxy groups -OCH3 is 1. The van der Waals surface area contributed by atoms with E-state index in [4.69, 9.17) is 9.47 Å². The molecule has 1 amide bonds. The monoisotopic (exact) mass is 452 g/mol. The summed E-state index contributed by atoms with van der Waals surface area (Å²) in [5.41, 5.74) is 1.26. The molecule has 3 rings (SSSR count). The maximum Gasteiger partial charge on any atom is 0.295 e. The number of carbonyl (C=O) groups is 2. The summed E-state index contributed by atoms with van der Waals surface area (Å²) in [6, 6.07) is 13.4. The molecule has 7 nitrogen and oxygen atoms in total. The number of carbonyl (C=O) groups excluding carboxylic acids is 2. The number of hydrogen-bond acceptors (Lipinski definition) is 6. The van der Waals surface area contributed by atoms with Crippen molar-refractivity contribution in [2.24, 2.45) is 0 Å². The van der Waals surface area contributed by atoms with Crippen LogP contribution >= 0.6 is 0 Å². The van der Waals surface area contributed by atoms with E-state index < -0.39 is 17.7 Å². The fraction of sp³-hybridized carbons (Fsp3) is 0.385. The van der Waals surface area contributed by atoms with Crippen LogP contribution in [0.4, 0.5) is 0 Å². The van der Waals surface area contributed by atoms with E-state index in [0.717, 1.165) is 18.5 Å². The Morgan fingerprint density at radius 1 is 1.09 bits per heavy atom. The zero-order chi connectivity index (χ0) is 24.0. The number of ether oxygens (including phenoxy) is 2. The predicted molar refractivity (Wildman–Crippen MR) is 127 cm³/mol. The first kappa shape index (κ1) is 24.3. The summed E-state index contributed by atoms with van der Waals surface area (Å²) in [6.07, 6.45) is 1.57. The minimum absolute atomic E-state index is 0.0858. The highest BCUT2D eigenvalue weighted by Gasteiger charge is 2.45. The molecule has 2 aromatic carbocycles. The largest absolute Gasteiger partial charge is 0.507 e. The summed E-state index contributed by atoms with van der Waals surface area (Å²) < 4.78 is 11.0. The van der Waals surface area contributed by atoms with Gasteiger partial charge in [0.05, 0.1) is 25.3 Å². The highest BCUT2D eigenvalue weighted by atomic mass is 16.5. The molecule has 1 saturated heterocycles. The van der Waals surface area contributed by atoms with Crippen LogP contribution in [0.2, 0.25) is 0 Å². The van der Waals surface area contributed by atoms with Crippen molar-refractivity contribution in [2.45, 2.75) is 25.8 Å². The molecule has 7 heteroatoms. The van der Waals surface area contributed by atoms with Gasteiger partial charge in [0.1, 0.15) is 17.3 Å². The number of hydrogen-bond donors (Lipinski definition) is 1. The number of nitrogens with zero attached hydrogens (tertiary/aromatic N) is 2. The SMILES string of the molecule is CCCOc1cccc([C@@H]2/C(=C(\O)c3ccc(OC)cc3)C(=O)C(=O)N2CCCN(C)C)c1. The Labute approximate surface area is 195 Å². The van der Waals surface area contributed by atoms with Crippen molar-refractivity contribution in [1.29, 1.82) is 0 Å². The van der Waals surface area contributed by atoms with Gasteiger partial charge in [-0.05, 0) is 75.4 Å². The van der Waals surface area contributed by atoms with E-state index in [1.807, 2.05) is 50.2 Å². The van der Waals surface area contributed by atoms with Gasteiger partial charge in [-0.3, -0.25) is 9.59 Å². The van der Waals surface area contributed by atoms with E-state index in [1.165, 1.54) is 0 Å². The van der Waals surface area contributed by atoms with Crippen molar-refractivity contribution in [3.63, 3.8) is 0 Å². The van der Waals surface area contributed by atoms with E-state index in [9.17, 15) is 14.7 Å². The van der Waals surface area contributed by atoms with Crippen LogP contribution in [0.1, 0.15) is 36.9 Å². The predicted octanol–water partition coefficient (Wildman–Crippen LogP) is 3.86. The first-order valence-corrected chi connectivity index (χ1v) is 11.2. The fourth-order valence-corrected chi connectivity index (χ4v) is 3.91. The number of aliphatic hydroxyl groups is 1. The molecule has 1 N–H and O–H groups in total. The van der Waals surface area contributed by atoms with Crippen LogP contribution in [-0.2, 0) is 9.59 Å². The van der Waals surface area contributed by atoms with Gasteiger partial charge >= 0.3 is 0 Å². The van der Waals surface area contributed by atoms with E-state index in [2.05, 4.69) is 0 Å². The van der Waals surface area contributed by atoms with Gasteiger partial charge in [0.2, 0.25) is 0 Å². The van der Waals surface area contributed by atoms with Crippen LogP contribution in [0.5, 0.6) is 11.5 Å². The van der Waals surface area contributed by atoms with Crippen LogP contribution in [0.25, 0.3) is 5.76 Å². The van der Waals surface area contributed by atoms with Gasteiger partial charge in [-0.1, -0.05) is 19.1 Å². The van der Waals surface area contributed by atoms with Gasteiger partial charge in [0.15, 0.2) is 0 Å². The van der Waals surface area contributed by atoms with Crippen molar-refractivity contribution in [1.82, 2.24) is 9.80 Å². The fourth-order valence-electron chi connectivity index (χ4n) is 3.91. The lowest BCUT2D eigenvalue weighted by molar-refractivity contribution is -0.139. The number of amides is 1. The third-order valence-corrected chi connectivity index (χ3v) is 5.55. The molecule has 1 fully saturated rings. The molecule has 0 unspecified atom stereocenters. The number of aliphatic hydroxyl groups excluding tert-OH is 1. The Hall–Kier alpha value is -3.32. The number of rotatable bonds is 10. The van der Waals surface area contributed by atoms with Crippen molar-refractivity contribution in [3.8, 4) is 11.5 Å². The summed E-state index contributed by atoms with van der Waals surface area (Å²) in [7, 11) is 5.48. The Bertz CT molecular complexity index is 1010. The molecular formula is C26H32N2O5. The minimum atomic E-state index is -0.695. The molecule has 176 valence electrons. The lowest BCUT2D eigenvalue weighted by Crippen LogP contribution is -2.32. The van der Waals surface area contributed by atoms with Gasteiger partial charge < -0.3 is 24.4 Å². The van der Waals surface area contributed by atoms with Crippen LogP contribution < -0.4 is 9.47 Å². The quantitative estimate of drug-likeness (QED) is 0.335. The van der Waals surface area contributed by atoms with Gasteiger partial charge in [0, 0.05) is 12.1 Å². The Balaban J connectivity index is 2.07. The molecule has 0 bridgehead atoms. The highest BCUT2D eigenvalue weighted by molar-refractivity contribution is 6.46. The molecule has 1 aliphatic rings. The Morgan fingerprint density at radius 3 is 2.45 bits per heavy atom. The minimum Gasteiger partial charge on any atom is -0.507 e. The molecule has 0 radical (unpaired) electrons.